The van der Waals surface area contributed by atoms with E-state index in [1.807, 2.05) is 36.4 Å². The van der Waals surface area contributed by atoms with Gasteiger partial charge in [0.05, 0.1) is 7.11 Å². The molecule has 0 fully saturated rings. The molecule has 1 unspecified atom stereocenters. The van der Waals surface area contributed by atoms with Crippen LogP contribution in [0.1, 0.15) is 11.1 Å². The van der Waals surface area contributed by atoms with Crippen LogP contribution in [0.25, 0.3) is 0 Å². The van der Waals surface area contributed by atoms with E-state index in [4.69, 9.17) is 21.1 Å². The molecule has 1 atom stereocenters. The fraction of sp³-hybridized carbons (Fsp3) is 0.294. The Hall–Kier alpha value is -1.71. The molecule has 2 aromatic rings. The summed E-state index contributed by atoms with van der Waals surface area (Å²) in [6.07, 6.45) is 1.12. The molecular formula is C17H18ClNO2. The van der Waals surface area contributed by atoms with Gasteiger partial charge in [-0.25, -0.2) is 0 Å². The highest BCUT2D eigenvalue weighted by atomic mass is 35.5. The van der Waals surface area contributed by atoms with Crippen LogP contribution in [0.5, 0.6) is 11.5 Å². The summed E-state index contributed by atoms with van der Waals surface area (Å²) in [7, 11) is 1.66. The fourth-order valence-corrected chi connectivity index (χ4v) is 2.86. The van der Waals surface area contributed by atoms with Gasteiger partial charge in [0.2, 0.25) is 0 Å². The van der Waals surface area contributed by atoms with Gasteiger partial charge >= 0.3 is 0 Å². The van der Waals surface area contributed by atoms with Crippen molar-refractivity contribution in [2.45, 2.75) is 19.1 Å². The molecule has 3 nitrogen and oxygen atoms in total. The molecular weight excluding hydrogens is 286 g/mol. The summed E-state index contributed by atoms with van der Waals surface area (Å²) in [6.45, 7) is 1.45. The van der Waals surface area contributed by atoms with Crippen LogP contribution < -0.4 is 14.8 Å². The topological polar surface area (TPSA) is 30.5 Å². The van der Waals surface area contributed by atoms with Crippen molar-refractivity contribution in [3.63, 3.8) is 0 Å². The van der Waals surface area contributed by atoms with Crippen LogP contribution in [0.15, 0.2) is 42.5 Å². The van der Waals surface area contributed by atoms with E-state index in [-0.39, 0.29) is 6.10 Å². The molecule has 0 aromatic heterocycles. The Kier molecular flexibility index (Phi) is 4.32. The van der Waals surface area contributed by atoms with Gasteiger partial charge in [0.15, 0.2) is 0 Å². The number of ether oxygens (including phenoxy) is 2. The van der Waals surface area contributed by atoms with E-state index in [1.54, 1.807) is 7.11 Å². The summed E-state index contributed by atoms with van der Waals surface area (Å²) < 4.78 is 11.2. The van der Waals surface area contributed by atoms with Crippen LogP contribution in [-0.2, 0) is 13.0 Å². The first kappa shape index (κ1) is 14.2. The third-order valence-corrected chi connectivity index (χ3v) is 4.04. The molecule has 3 rings (SSSR count). The molecule has 21 heavy (non-hydrogen) atoms. The van der Waals surface area contributed by atoms with Crippen LogP contribution >= 0.6 is 11.6 Å². The van der Waals surface area contributed by atoms with Gasteiger partial charge < -0.3 is 14.8 Å². The summed E-state index contributed by atoms with van der Waals surface area (Å²) >= 11 is 6.23. The second-order valence-electron chi connectivity index (χ2n) is 5.10. The van der Waals surface area contributed by atoms with E-state index in [1.165, 1.54) is 5.56 Å². The fourth-order valence-electron chi connectivity index (χ4n) is 2.63. The molecule has 1 aliphatic heterocycles. The first-order valence-corrected chi connectivity index (χ1v) is 7.42. The van der Waals surface area contributed by atoms with Crippen molar-refractivity contribution in [3.05, 3.63) is 58.6 Å². The lowest BCUT2D eigenvalue weighted by Crippen LogP contribution is -2.29. The molecule has 0 spiro atoms. The second kappa shape index (κ2) is 6.37. The van der Waals surface area contributed by atoms with Gasteiger partial charge in [-0.05, 0) is 23.8 Å². The zero-order chi connectivity index (χ0) is 14.7. The minimum atomic E-state index is 0.177. The molecule has 4 heteroatoms. The number of nitrogens with one attached hydrogen (secondary N) is 1. The predicted molar refractivity (Wildman–Crippen MR) is 84.3 cm³/mol. The predicted octanol–water partition coefficient (Wildman–Crippen LogP) is 3.44. The van der Waals surface area contributed by atoms with Crippen molar-refractivity contribution in [2.75, 3.05) is 13.7 Å². The highest BCUT2D eigenvalue weighted by molar-refractivity contribution is 6.31. The van der Waals surface area contributed by atoms with E-state index in [2.05, 4.69) is 11.4 Å². The number of hydrogen-bond donors (Lipinski definition) is 1. The summed E-state index contributed by atoms with van der Waals surface area (Å²) in [5.41, 5.74) is 2.26. The van der Waals surface area contributed by atoms with Gasteiger partial charge in [-0.1, -0.05) is 35.9 Å². The van der Waals surface area contributed by atoms with Gasteiger partial charge in [0.1, 0.15) is 17.6 Å². The highest BCUT2D eigenvalue weighted by Gasteiger charge is 2.21. The Bertz CT molecular complexity index is 605. The Balaban J connectivity index is 1.56. The highest BCUT2D eigenvalue weighted by Crippen LogP contribution is 2.28. The first-order valence-electron chi connectivity index (χ1n) is 7.04. The number of para-hydroxylation sites is 1. The maximum atomic E-state index is 6.23. The first-order chi connectivity index (χ1) is 10.3. The van der Waals surface area contributed by atoms with Crippen molar-refractivity contribution in [1.82, 2.24) is 5.32 Å². The molecule has 1 aliphatic rings. The Morgan fingerprint density at radius 1 is 1.24 bits per heavy atom. The number of hydrogen-bond acceptors (Lipinski definition) is 3. The number of benzene rings is 2. The summed E-state index contributed by atoms with van der Waals surface area (Å²) in [4.78, 5) is 0. The molecule has 1 heterocycles. The molecule has 1 N–H and O–H groups in total. The van der Waals surface area contributed by atoms with Crippen molar-refractivity contribution >= 4 is 11.6 Å². The minimum absolute atomic E-state index is 0.177. The number of fused-ring (bicyclic) bond motifs is 1. The molecule has 0 radical (unpaired) electrons. The number of methoxy groups -OCH3 is 1. The lowest BCUT2D eigenvalue weighted by atomic mass is 10.1. The normalized spacial score (nSPS) is 16.4. The SMILES string of the molecule is COc1cccc(Cl)c1CNCC1Cc2ccccc2O1. The second-order valence-corrected chi connectivity index (χ2v) is 5.51. The zero-order valence-electron chi connectivity index (χ0n) is 11.9. The summed E-state index contributed by atoms with van der Waals surface area (Å²) in [5, 5.41) is 4.12. The van der Waals surface area contributed by atoms with Crippen LogP contribution in [0, 0.1) is 0 Å². The van der Waals surface area contributed by atoms with Gasteiger partial charge in [-0.2, -0.15) is 0 Å². The number of rotatable bonds is 5. The van der Waals surface area contributed by atoms with E-state index < -0.39 is 0 Å². The van der Waals surface area contributed by atoms with Crippen LogP contribution in [0.3, 0.4) is 0 Å². The van der Waals surface area contributed by atoms with Gasteiger partial charge in [-0.15, -0.1) is 0 Å². The molecule has 110 valence electrons. The summed E-state index contributed by atoms with van der Waals surface area (Å²) in [6, 6.07) is 13.9. The van der Waals surface area contributed by atoms with Crippen molar-refractivity contribution < 1.29 is 9.47 Å². The zero-order valence-corrected chi connectivity index (χ0v) is 12.7. The smallest absolute Gasteiger partial charge is 0.124 e. The van der Waals surface area contributed by atoms with Gasteiger partial charge in [-0.3, -0.25) is 0 Å². The molecule has 2 aromatic carbocycles. The monoisotopic (exact) mass is 303 g/mol. The molecule has 0 amide bonds. The average Bonchev–Trinajstić information content (AvgIpc) is 2.91. The average molecular weight is 304 g/mol. The third kappa shape index (κ3) is 3.14. The van der Waals surface area contributed by atoms with Gasteiger partial charge in [0, 0.05) is 30.1 Å². The van der Waals surface area contributed by atoms with E-state index in [9.17, 15) is 0 Å². The Morgan fingerprint density at radius 3 is 2.90 bits per heavy atom. The van der Waals surface area contributed by atoms with E-state index in [0.29, 0.717) is 6.54 Å². The Labute approximate surface area is 129 Å². The van der Waals surface area contributed by atoms with E-state index in [0.717, 1.165) is 35.1 Å². The van der Waals surface area contributed by atoms with E-state index >= 15 is 0 Å². The maximum absolute atomic E-state index is 6.23. The maximum Gasteiger partial charge on any atom is 0.124 e. The molecule has 0 aliphatic carbocycles. The quantitative estimate of drug-likeness (QED) is 0.918. The lowest BCUT2D eigenvalue weighted by molar-refractivity contribution is 0.227. The van der Waals surface area contributed by atoms with Crippen LogP contribution in [0.4, 0.5) is 0 Å². The van der Waals surface area contributed by atoms with Crippen LogP contribution in [-0.4, -0.2) is 19.8 Å². The largest absolute Gasteiger partial charge is 0.496 e. The summed E-state index contributed by atoms with van der Waals surface area (Å²) in [5.74, 6) is 1.81. The van der Waals surface area contributed by atoms with Crippen LogP contribution in [0.2, 0.25) is 5.02 Å². The third-order valence-electron chi connectivity index (χ3n) is 3.68. The molecule has 0 saturated carbocycles. The molecule has 0 saturated heterocycles. The van der Waals surface area contributed by atoms with Gasteiger partial charge in [0.25, 0.3) is 0 Å². The lowest BCUT2D eigenvalue weighted by Gasteiger charge is -2.14. The van der Waals surface area contributed by atoms with Crippen molar-refractivity contribution in [1.29, 1.82) is 0 Å². The van der Waals surface area contributed by atoms with Crippen molar-refractivity contribution in [3.8, 4) is 11.5 Å². The van der Waals surface area contributed by atoms with Crippen molar-refractivity contribution in [2.24, 2.45) is 0 Å². The Morgan fingerprint density at radius 2 is 2.10 bits per heavy atom. The molecule has 0 bridgehead atoms. The standard InChI is InChI=1S/C17H18ClNO2/c1-20-17-8-4-6-15(18)14(17)11-19-10-13-9-12-5-2-3-7-16(12)21-13/h2-8,13,19H,9-11H2,1H3. The number of halogens is 1. The minimum Gasteiger partial charge on any atom is -0.496 e.